The number of rotatable bonds is 6. The van der Waals surface area contributed by atoms with Crippen molar-refractivity contribution in [3.63, 3.8) is 0 Å². The van der Waals surface area contributed by atoms with Gasteiger partial charge in [-0.15, -0.1) is 0 Å². The van der Waals surface area contributed by atoms with E-state index in [1.807, 2.05) is 32.2 Å². The molecule has 104 valence electrons. The van der Waals surface area contributed by atoms with E-state index in [1.165, 1.54) is 0 Å². The predicted molar refractivity (Wildman–Crippen MR) is 78.2 cm³/mol. The minimum atomic E-state index is -0.774. The van der Waals surface area contributed by atoms with Crippen LogP contribution in [0.25, 0.3) is 11.0 Å². The van der Waals surface area contributed by atoms with Gasteiger partial charge in [-0.1, -0.05) is 19.1 Å². The van der Waals surface area contributed by atoms with E-state index in [4.69, 9.17) is 0 Å². The predicted octanol–water partition coefficient (Wildman–Crippen LogP) is 1.87. The van der Waals surface area contributed by atoms with Crippen LogP contribution in [0, 0.1) is 0 Å². The van der Waals surface area contributed by atoms with Gasteiger partial charge in [-0.05, 0) is 32.0 Å². The Bertz CT molecular complexity index is 545. The highest BCUT2D eigenvalue weighted by Crippen LogP contribution is 2.18. The number of hydrogen-bond acceptors (Lipinski definition) is 3. The lowest BCUT2D eigenvalue weighted by Crippen LogP contribution is -2.40. The van der Waals surface area contributed by atoms with Crippen LogP contribution in [0.15, 0.2) is 24.3 Å². The van der Waals surface area contributed by atoms with Crippen molar-refractivity contribution < 1.29 is 5.11 Å². The minimum absolute atomic E-state index is 0.550. The average molecular weight is 261 g/mol. The summed E-state index contributed by atoms with van der Waals surface area (Å²) in [6.07, 6.45) is 1.62. The highest BCUT2D eigenvalue weighted by atomic mass is 16.3. The van der Waals surface area contributed by atoms with Crippen molar-refractivity contribution >= 4 is 11.0 Å². The second kappa shape index (κ2) is 5.72. The summed E-state index contributed by atoms with van der Waals surface area (Å²) < 4.78 is 2.06. The Balaban J connectivity index is 2.14. The van der Waals surface area contributed by atoms with Crippen LogP contribution in [0.5, 0.6) is 0 Å². The Kier molecular flexibility index (Phi) is 4.22. The molecule has 1 unspecified atom stereocenters. The summed E-state index contributed by atoms with van der Waals surface area (Å²) in [5, 5.41) is 13.7. The van der Waals surface area contributed by atoms with E-state index >= 15 is 0 Å². The van der Waals surface area contributed by atoms with Gasteiger partial charge in [0.05, 0.1) is 16.6 Å². The van der Waals surface area contributed by atoms with Gasteiger partial charge >= 0.3 is 0 Å². The van der Waals surface area contributed by atoms with Crippen molar-refractivity contribution in [1.82, 2.24) is 14.9 Å². The lowest BCUT2D eigenvalue weighted by atomic mass is 10.0. The molecule has 0 aliphatic carbocycles. The largest absolute Gasteiger partial charge is 0.388 e. The van der Waals surface area contributed by atoms with Gasteiger partial charge < -0.3 is 15.0 Å². The number of fused-ring (bicyclic) bond motifs is 1. The van der Waals surface area contributed by atoms with Crippen molar-refractivity contribution in [2.45, 2.75) is 32.3 Å². The van der Waals surface area contributed by atoms with E-state index < -0.39 is 5.60 Å². The monoisotopic (exact) mass is 261 g/mol. The number of benzene rings is 1. The Labute approximate surface area is 114 Å². The molecule has 0 fully saturated rings. The Morgan fingerprint density at radius 1 is 1.37 bits per heavy atom. The van der Waals surface area contributed by atoms with E-state index in [2.05, 4.69) is 27.9 Å². The van der Waals surface area contributed by atoms with Gasteiger partial charge in [-0.2, -0.15) is 0 Å². The van der Waals surface area contributed by atoms with Crippen LogP contribution in [0.4, 0.5) is 0 Å². The zero-order chi connectivity index (χ0) is 13.9. The van der Waals surface area contributed by atoms with Gasteiger partial charge in [0, 0.05) is 20.0 Å². The maximum absolute atomic E-state index is 10.4. The zero-order valence-corrected chi connectivity index (χ0v) is 12.0. The van der Waals surface area contributed by atoms with Crippen molar-refractivity contribution in [2.75, 3.05) is 13.1 Å². The van der Waals surface area contributed by atoms with Crippen LogP contribution in [0.3, 0.4) is 0 Å². The first-order valence-corrected chi connectivity index (χ1v) is 6.87. The molecule has 4 heteroatoms. The number of aliphatic hydroxyl groups is 1. The van der Waals surface area contributed by atoms with Gasteiger partial charge in [-0.25, -0.2) is 4.98 Å². The molecular weight excluding hydrogens is 238 g/mol. The normalized spacial score (nSPS) is 14.7. The van der Waals surface area contributed by atoms with E-state index in [0.29, 0.717) is 13.0 Å². The summed E-state index contributed by atoms with van der Waals surface area (Å²) in [4.78, 5) is 4.60. The van der Waals surface area contributed by atoms with E-state index in [9.17, 15) is 5.11 Å². The summed E-state index contributed by atoms with van der Waals surface area (Å²) in [6.45, 7) is 5.49. The van der Waals surface area contributed by atoms with Crippen LogP contribution in [0.1, 0.15) is 26.1 Å². The van der Waals surface area contributed by atoms with Gasteiger partial charge in [0.2, 0.25) is 0 Å². The van der Waals surface area contributed by atoms with Crippen molar-refractivity contribution in [1.29, 1.82) is 0 Å². The number of aromatic nitrogens is 2. The number of aryl methyl sites for hydroxylation is 1. The number of para-hydroxylation sites is 2. The lowest BCUT2D eigenvalue weighted by molar-refractivity contribution is 0.0578. The fourth-order valence-electron chi connectivity index (χ4n) is 2.29. The zero-order valence-electron chi connectivity index (χ0n) is 12.0. The standard InChI is InChI=1S/C15H23N3O/c1-4-9-16-11-15(2,19)10-14-17-12-7-5-6-8-13(12)18(14)3/h5-8,16,19H,4,9-11H2,1-3H3. The van der Waals surface area contributed by atoms with Crippen molar-refractivity contribution in [3.8, 4) is 0 Å². The molecular formula is C15H23N3O. The third-order valence-electron chi connectivity index (χ3n) is 3.35. The average Bonchev–Trinajstić information content (AvgIpc) is 2.66. The van der Waals surface area contributed by atoms with Gasteiger partial charge in [0.15, 0.2) is 0 Å². The van der Waals surface area contributed by atoms with Crippen LogP contribution < -0.4 is 5.32 Å². The summed E-state index contributed by atoms with van der Waals surface area (Å²) >= 11 is 0. The fourth-order valence-corrected chi connectivity index (χ4v) is 2.29. The molecule has 2 aromatic rings. The molecule has 1 aromatic heterocycles. The number of nitrogens with zero attached hydrogens (tertiary/aromatic N) is 2. The number of imidazole rings is 1. The maximum Gasteiger partial charge on any atom is 0.112 e. The molecule has 0 amide bonds. The quantitative estimate of drug-likeness (QED) is 0.780. The van der Waals surface area contributed by atoms with Crippen LogP contribution >= 0.6 is 0 Å². The van der Waals surface area contributed by atoms with E-state index in [-0.39, 0.29) is 0 Å². The molecule has 0 bridgehead atoms. The molecule has 0 aliphatic rings. The topological polar surface area (TPSA) is 50.1 Å². The summed E-state index contributed by atoms with van der Waals surface area (Å²) in [5.74, 6) is 0.921. The fraction of sp³-hybridized carbons (Fsp3) is 0.533. The first kappa shape index (κ1) is 14.0. The molecule has 2 N–H and O–H groups in total. The molecule has 0 saturated heterocycles. The van der Waals surface area contributed by atoms with Gasteiger partial charge in [-0.3, -0.25) is 0 Å². The third-order valence-corrected chi connectivity index (χ3v) is 3.35. The smallest absolute Gasteiger partial charge is 0.112 e. The molecule has 1 heterocycles. The molecule has 0 aliphatic heterocycles. The molecule has 19 heavy (non-hydrogen) atoms. The summed E-state index contributed by atoms with van der Waals surface area (Å²) in [5.41, 5.74) is 1.32. The molecule has 0 saturated carbocycles. The van der Waals surface area contributed by atoms with Gasteiger partial charge in [0.1, 0.15) is 5.82 Å². The third kappa shape index (κ3) is 3.33. The van der Waals surface area contributed by atoms with E-state index in [0.717, 1.165) is 29.8 Å². The summed E-state index contributed by atoms with van der Waals surface area (Å²) in [6, 6.07) is 8.05. The minimum Gasteiger partial charge on any atom is -0.388 e. The number of nitrogens with one attached hydrogen (secondary N) is 1. The Morgan fingerprint density at radius 3 is 2.79 bits per heavy atom. The summed E-state index contributed by atoms with van der Waals surface area (Å²) in [7, 11) is 2.00. The first-order chi connectivity index (χ1) is 9.03. The second-order valence-corrected chi connectivity index (χ2v) is 5.43. The highest BCUT2D eigenvalue weighted by molar-refractivity contribution is 5.75. The van der Waals surface area contributed by atoms with Crippen LogP contribution in [0.2, 0.25) is 0 Å². The van der Waals surface area contributed by atoms with Crippen LogP contribution in [-0.4, -0.2) is 33.3 Å². The molecule has 1 aromatic carbocycles. The molecule has 2 rings (SSSR count). The molecule has 0 spiro atoms. The van der Waals surface area contributed by atoms with E-state index in [1.54, 1.807) is 0 Å². The Hall–Kier alpha value is -1.39. The lowest BCUT2D eigenvalue weighted by Gasteiger charge is -2.23. The van der Waals surface area contributed by atoms with Crippen molar-refractivity contribution in [3.05, 3.63) is 30.1 Å². The maximum atomic E-state index is 10.4. The second-order valence-electron chi connectivity index (χ2n) is 5.43. The molecule has 4 nitrogen and oxygen atoms in total. The molecule has 0 radical (unpaired) electrons. The Morgan fingerprint density at radius 2 is 2.11 bits per heavy atom. The SMILES string of the molecule is CCCNCC(C)(O)Cc1nc2ccccc2n1C. The highest BCUT2D eigenvalue weighted by Gasteiger charge is 2.23. The van der Waals surface area contributed by atoms with Crippen LogP contribution in [-0.2, 0) is 13.5 Å². The first-order valence-electron chi connectivity index (χ1n) is 6.87. The van der Waals surface area contributed by atoms with Gasteiger partial charge in [0.25, 0.3) is 0 Å². The molecule has 1 atom stereocenters. The number of hydrogen-bond donors (Lipinski definition) is 2. The van der Waals surface area contributed by atoms with Crippen molar-refractivity contribution in [2.24, 2.45) is 7.05 Å².